The highest BCUT2D eigenvalue weighted by Crippen LogP contribution is 2.38. The summed E-state index contributed by atoms with van der Waals surface area (Å²) >= 11 is 0. The van der Waals surface area contributed by atoms with Gasteiger partial charge in [0.05, 0.1) is 39.0 Å². The number of sulfonamides is 1. The molecule has 0 spiro atoms. The summed E-state index contributed by atoms with van der Waals surface area (Å²) < 4.78 is 54.0. The molecular formula is C25H25NO10S. The molecular weight excluding hydrogens is 506 g/mol. The monoisotopic (exact) mass is 531 g/mol. The number of esters is 1. The molecule has 11 nitrogen and oxygen atoms in total. The van der Waals surface area contributed by atoms with Gasteiger partial charge in [-0.25, -0.2) is 13.2 Å². The van der Waals surface area contributed by atoms with Crippen molar-refractivity contribution in [2.75, 3.05) is 39.8 Å². The average Bonchev–Trinajstić information content (AvgIpc) is 2.90. The van der Waals surface area contributed by atoms with Gasteiger partial charge in [0.2, 0.25) is 11.5 Å². The lowest BCUT2D eigenvalue weighted by atomic mass is 10.1. The second-order valence-corrected chi connectivity index (χ2v) is 9.08. The van der Waals surface area contributed by atoms with E-state index in [9.17, 15) is 23.1 Å². The van der Waals surface area contributed by atoms with E-state index in [0.717, 1.165) is 18.2 Å². The third kappa shape index (κ3) is 6.04. The van der Waals surface area contributed by atoms with Gasteiger partial charge in [-0.1, -0.05) is 12.1 Å². The number of aromatic hydroxyl groups is 1. The van der Waals surface area contributed by atoms with E-state index < -0.39 is 39.7 Å². The Morgan fingerprint density at radius 3 is 2.05 bits per heavy atom. The number of ketones is 1. The van der Waals surface area contributed by atoms with Crippen LogP contribution in [-0.2, 0) is 14.8 Å². The Labute approximate surface area is 213 Å². The molecule has 0 radical (unpaired) electrons. The second-order valence-electron chi connectivity index (χ2n) is 7.40. The van der Waals surface area contributed by atoms with Crippen LogP contribution in [0, 0.1) is 0 Å². The maximum atomic E-state index is 12.9. The molecule has 3 aromatic carbocycles. The molecule has 12 heteroatoms. The standard InChI is InChI=1S/C25H25NO10S/c1-32-21-8-6-5-7-18(21)26-37(30,31)16-9-10-19(27)17(13-16)25(29)36-14-20(28)15-11-22(33-2)24(35-4)23(12-15)34-3/h5-13,26-27H,14H2,1-4H3. The van der Waals surface area contributed by atoms with Crippen LogP contribution in [0.4, 0.5) is 5.69 Å². The van der Waals surface area contributed by atoms with Gasteiger partial charge in [0.15, 0.2) is 18.1 Å². The first-order valence-corrected chi connectivity index (χ1v) is 12.1. The Morgan fingerprint density at radius 2 is 1.46 bits per heavy atom. The van der Waals surface area contributed by atoms with Crippen molar-refractivity contribution in [1.82, 2.24) is 0 Å². The van der Waals surface area contributed by atoms with Crippen LogP contribution in [0.2, 0.25) is 0 Å². The van der Waals surface area contributed by atoms with Crippen molar-refractivity contribution in [3.05, 3.63) is 65.7 Å². The van der Waals surface area contributed by atoms with Gasteiger partial charge in [0.25, 0.3) is 10.0 Å². The normalized spacial score (nSPS) is 10.8. The number of rotatable bonds is 11. The summed E-state index contributed by atoms with van der Waals surface area (Å²) in [5.41, 5.74) is -0.150. The molecule has 3 rings (SSSR count). The van der Waals surface area contributed by atoms with E-state index in [1.165, 1.54) is 46.6 Å². The van der Waals surface area contributed by atoms with Crippen molar-refractivity contribution in [1.29, 1.82) is 0 Å². The van der Waals surface area contributed by atoms with Gasteiger partial charge in [0.1, 0.15) is 17.1 Å². The van der Waals surface area contributed by atoms with Crippen molar-refractivity contribution in [3.63, 3.8) is 0 Å². The number of nitrogens with one attached hydrogen (secondary N) is 1. The van der Waals surface area contributed by atoms with Gasteiger partial charge < -0.3 is 28.8 Å². The lowest BCUT2D eigenvalue weighted by Gasteiger charge is -2.14. The molecule has 0 aliphatic carbocycles. The highest BCUT2D eigenvalue weighted by Gasteiger charge is 2.23. The number of anilines is 1. The molecule has 0 heterocycles. The quantitative estimate of drug-likeness (QED) is 0.279. The molecule has 0 aliphatic rings. The largest absolute Gasteiger partial charge is 0.507 e. The van der Waals surface area contributed by atoms with Gasteiger partial charge in [-0.05, 0) is 42.5 Å². The number of Topliss-reactive ketones (excluding diaryl/α,β-unsaturated/α-hetero) is 1. The number of ether oxygens (including phenoxy) is 5. The predicted octanol–water partition coefficient (Wildman–Crippen LogP) is 3.27. The Kier molecular flexibility index (Phi) is 8.45. The molecule has 0 saturated carbocycles. The minimum atomic E-state index is -4.17. The van der Waals surface area contributed by atoms with Crippen LogP contribution < -0.4 is 23.7 Å². The predicted molar refractivity (Wildman–Crippen MR) is 133 cm³/mol. The zero-order chi connectivity index (χ0) is 27.2. The zero-order valence-corrected chi connectivity index (χ0v) is 21.2. The van der Waals surface area contributed by atoms with E-state index in [1.807, 2.05) is 0 Å². The van der Waals surface area contributed by atoms with E-state index in [4.69, 9.17) is 23.7 Å². The number of para-hydroxylation sites is 2. The minimum Gasteiger partial charge on any atom is -0.507 e. The molecule has 196 valence electrons. The summed E-state index contributed by atoms with van der Waals surface area (Å²) in [4.78, 5) is 25.0. The van der Waals surface area contributed by atoms with Crippen LogP contribution >= 0.6 is 0 Å². The van der Waals surface area contributed by atoms with E-state index in [0.29, 0.717) is 0 Å². The first kappa shape index (κ1) is 27.1. The van der Waals surface area contributed by atoms with E-state index in [1.54, 1.807) is 18.2 Å². The summed E-state index contributed by atoms with van der Waals surface area (Å²) in [7, 11) is 1.41. The molecule has 0 aromatic heterocycles. The molecule has 0 amide bonds. The van der Waals surface area contributed by atoms with Crippen LogP contribution in [0.5, 0.6) is 28.7 Å². The topological polar surface area (TPSA) is 147 Å². The van der Waals surface area contributed by atoms with Crippen LogP contribution in [0.1, 0.15) is 20.7 Å². The Bertz CT molecular complexity index is 1390. The van der Waals surface area contributed by atoms with Gasteiger partial charge in [-0.15, -0.1) is 0 Å². The van der Waals surface area contributed by atoms with Gasteiger partial charge in [-0.3, -0.25) is 9.52 Å². The van der Waals surface area contributed by atoms with E-state index in [-0.39, 0.29) is 39.1 Å². The van der Waals surface area contributed by atoms with Crippen molar-refractivity contribution in [3.8, 4) is 28.7 Å². The molecule has 37 heavy (non-hydrogen) atoms. The van der Waals surface area contributed by atoms with Crippen molar-refractivity contribution < 1.29 is 46.8 Å². The maximum absolute atomic E-state index is 12.9. The highest BCUT2D eigenvalue weighted by atomic mass is 32.2. The molecule has 0 bridgehead atoms. The lowest BCUT2D eigenvalue weighted by molar-refractivity contribution is 0.0471. The number of carbonyl (C=O) groups excluding carboxylic acids is 2. The minimum absolute atomic E-state index is 0.115. The molecule has 0 aliphatic heterocycles. The van der Waals surface area contributed by atoms with Crippen LogP contribution in [0.25, 0.3) is 0 Å². The van der Waals surface area contributed by atoms with Gasteiger partial charge in [0, 0.05) is 5.56 Å². The first-order chi connectivity index (χ1) is 17.6. The second kappa shape index (κ2) is 11.5. The summed E-state index contributed by atoms with van der Waals surface area (Å²) in [5, 5.41) is 10.2. The number of phenolic OH excluding ortho intramolecular Hbond substituents is 1. The molecule has 0 saturated heterocycles. The number of hydrogen-bond acceptors (Lipinski definition) is 10. The van der Waals surface area contributed by atoms with Crippen molar-refractivity contribution in [2.45, 2.75) is 4.90 Å². The number of carbonyl (C=O) groups is 2. The first-order valence-electron chi connectivity index (χ1n) is 10.6. The van der Waals surface area contributed by atoms with E-state index >= 15 is 0 Å². The fourth-order valence-corrected chi connectivity index (χ4v) is 4.41. The molecule has 0 unspecified atom stereocenters. The van der Waals surface area contributed by atoms with Crippen LogP contribution in [0.3, 0.4) is 0 Å². The maximum Gasteiger partial charge on any atom is 0.342 e. The Morgan fingerprint density at radius 1 is 0.838 bits per heavy atom. The highest BCUT2D eigenvalue weighted by molar-refractivity contribution is 7.92. The molecule has 0 fully saturated rings. The Hall–Kier alpha value is -4.45. The van der Waals surface area contributed by atoms with Gasteiger partial charge >= 0.3 is 5.97 Å². The van der Waals surface area contributed by atoms with Crippen molar-refractivity contribution in [2.24, 2.45) is 0 Å². The number of hydrogen-bond donors (Lipinski definition) is 2. The van der Waals surface area contributed by atoms with Crippen LogP contribution in [-0.4, -0.2) is 60.3 Å². The number of benzene rings is 3. The lowest BCUT2D eigenvalue weighted by Crippen LogP contribution is -2.17. The van der Waals surface area contributed by atoms with Gasteiger partial charge in [-0.2, -0.15) is 0 Å². The number of methoxy groups -OCH3 is 4. The number of phenols is 1. The molecule has 2 N–H and O–H groups in total. The fraction of sp³-hybridized carbons (Fsp3) is 0.200. The van der Waals surface area contributed by atoms with E-state index in [2.05, 4.69) is 4.72 Å². The summed E-state index contributed by atoms with van der Waals surface area (Å²) in [6, 6.07) is 12.2. The third-order valence-corrected chi connectivity index (χ3v) is 6.53. The van der Waals surface area contributed by atoms with Crippen molar-refractivity contribution >= 4 is 27.5 Å². The summed E-state index contributed by atoms with van der Waals surface area (Å²) in [6.07, 6.45) is 0. The average molecular weight is 532 g/mol. The van der Waals surface area contributed by atoms with Crippen LogP contribution in [0.15, 0.2) is 59.5 Å². The molecule has 0 atom stereocenters. The third-order valence-electron chi connectivity index (χ3n) is 5.17. The SMILES string of the molecule is COc1ccccc1NS(=O)(=O)c1ccc(O)c(C(=O)OCC(=O)c2cc(OC)c(OC)c(OC)c2)c1. The zero-order valence-electron chi connectivity index (χ0n) is 20.4. The Balaban J connectivity index is 1.80. The summed E-state index contributed by atoms with van der Waals surface area (Å²) in [5.74, 6) is -1.20. The summed E-state index contributed by atoms with van der Waals surface area (Å²) in [6.45, 7) is -0.701. The smallest absolute Gasteiger partial charge is 0.342 e. The fourth-order valence-electron chi connectivity index (χ4n) is 3.31. The molecule has 3 aromatic rings.